The molecule has 0 bridgehead atoms. The molecule has 0 saturated carbocycles. The van der Waals surface area contributed by atoms with Crippen LogP contribution in [0.15, 0.2) is 71.8 Å². The zero-order chi connectivity index (χ0) is 21.8. The molecule has 30 heavy (non-hydrogen) atoms. The molecule has 0 fully saturated rings. The fraction of sp³-hybridized carbons (Fsp3) is 0.150. The van der Waals surface area contributed by atoms with Crippen LogP contribution in [0.3, 0.4) is 0 Å². The van der Waals surface area contributed by atoms with Crippen molar-refractivity contribution in [3.05, 3.63) is 88.7 Å². The summed E-state index contributed by atoms with van der Waals surface area (Å²) < 4.78 is 71.6. The second-order valence-corrected chi connectivity index (χ2v) is 8.37. The molecule has 0 radical (unpaired) electrons. The number of nitrogens with zero attached hydrogens (tertiary/aromatic N) is 1. The lowest BCUT2D eigenvalue weighted by Crippen LogP contribution is -2.24. The van der Waals surface area contributed by atoms with E-state index in [-0.39, 0.29) is 18.2 Å². The van der Waals surface area contributed by atoms with E-state index in [9.17, 15) is 21.6 Å². The molecule has 3 rings (SSSR count). The highest BCUT2D eigenvalue weighted by Crippen LogP contribution is 2.33. The summed E-state index contributed by atoms with van der Waals surface area (Å²) in [6.07, 6.45) is -3.04. The molecule has 158 valence electrons. The molecule has 0 saturated heterocycles. The first-order chi connectivity index (χ1) is 14.1. The summed E-state index contributed by atoms with van der Waals surface area (Å²) in [4.78, 5) is 3.50. The van der Waals surface area contributed by atoms with E-state index in [0.717, 1.165) is 17.8 Å². The van der Waals surface area contributed by atoms with Crippen molar-refractivity contribution in [1.82, 2.24) is 9.71 Å². The van der Waals surface area contributed by atoms with Gasteiger partial charge in [-0.3, -0.25) is 4.98 Å². The maximum atomic E-state index is 12.9. The number of pyridine rings is 1. The molecule has 0 atom stereocenters. The molecule has 0 spiro atoms. The topological polar surface area (TPSA) is 68.3 Å². The van der Waals surface area contributed by atoms with Crippen LogP contribution in [0.4, 0.5) is 13.2 Å². The minimum absolute atomic E-state index is 0.157. The van der Waals surface area contributed by atoms with E-state index in [1.807, 2.05) is 6.07 Å². The highest BCUT2D eigenvalue weighted by atomic mass is 35.5. The van der Waals surface area contributed by atoms with Gasteiger partial charge >= 0.3 is 6.18 Å². The van der Waals surface area contributed by atoms with Crippen LogP contribution < -0.4 is 9.46 Å². The van der Waals surface area contributed by atoms with Crippen LogP contribution in [-0.2, 0) is 29.4 Å². The monoisotopic (exact) mass is 456 g/mol. The lowest BCUT2D eigenvalue weighted by molar-refractivity contribution is -0.137. The van der Waals surface area contributed by atoms with Crippen LogP contribution in [0.2, 0.25) is 5.02 Å². The Bertz CT molecular complexity index is 1120. The molecule has 10 heteroatoms. The quantitative estimate of drug-likeness (QED) is 0.554. The number of alkyl halides is 3. The smallest absolute Gasteiger partial charge is 0.416 e. The van der Waals surface area contributed by atoms with Crippen molar-refractivity contribution < 1.29 is 26.3 Å². The second kappa shape index (κ2) is 9.03. The lowest BCUT2D eigenvalue weighted by atomic mass is 10.2. The molecule has 0 unspecified atom stereocenters. The summed E-state index contributed by atoms with van der Waals surface area (Å²) in [7, 11) is -4.27. The van der Waals surface area contributed by atoms with Crippen molar-refractivity contribution in [2.24, 2.45) is 0 Å². The Morgan fingerprint density at radius 1 is 1.03 bits per heavy atom. The largest absolute Gasteiger partial charge is 0.487 e. The van der Waals surface area contributed by atoms with Gasteiger partial charge in [0.25, 0.3) is 0 Å². The average Bonchev–Trinajstić information content (AvgIpc) is 2.71. The second-order valence-electron chi connectivity index (χ2n) is 6.22. The van der Waals surface area contributed by atoms with E-state index in [4.69, 9.17) is 16.3 Å². The molecule has 1 aromatic heterocycles. The maximum Gasteiger partial charge on any atom is 0.416 e. The first-order valence-corrected chi connectivity index (χ1v) is 10.5. The van der Waals surface area contributed by atoms with Gasteiger partial charge in [-0.05, 0) is 48.0 Å². The summed E-state index contributed by atoms with van der Waals surface area (Å²) in [6.45, 7) is 0.0750. The standard InChI is InChI=1S/C20H16ClF3N2O3S/c21-18-8-7-15(20(22,23)24)11-19(18)30(27,28)26-12-14-4-3-6-17(10-14)29-13-16-5-1-2-9-25-16/h1-11,26H,12-13H2. The van der Waals surface area contributed by atoms with Crippen molar-refractivity contribution in [2.45, 2.75) is 24.2 Å². The summed E-state index contributed by atoms with van der Waals surface area (Å²) in [5.41, 5.74) is 0.181. The Morgan fingerprint density at radius 2 is 1.83 bits per heavy atom. The predicted octanol–water partition coefficient (Wildman–Crippen LogP) is 4.81. The normalized spacial score (nSPS) is 12.0. The molecule has 5 nitrogen and oxygen atoms in total. The number of sulfonamides is 1. The van der Waals surface area contributed by atoms with Crippen LogP contribution in [0.5, 0.6) is 5.75 Å². The van der Waals surface area contributed by atoms with E-state index in [1.54, 1.807) is 42.6 Å². The number of benzene rings is 2. The van der Waals surface area contributed by atoms with Gasteiger partial charge in [0.1, 0.15) is 17.3 Å². The SMILES string of the molecule is O=S(=O)(NCc1cccc(OCc2ccccn2)c1)c1cc(C(F)(F)F)ccc1Cl. The van der Waals surface area contributed by atoms with Crippen molar-refractivity contribution in [2.75, 3.05) is 0 Å². The molecular formula is C20H16ClF3N2O3S. The van der Waals surface area contributed by atoms with E-state index in [1.165, 1.54) is 0 Å². The third-order valence-electron chi connectivity index (χ3n) is 4.03. The Kier molecular flexibility index (Phi) is 6.64. The molecule has 0 aliphatic carbocycles. The van der Waals surface area contributed by atoms with Gasteiger partial charge in [-0.25, -0.2) is 13.1 Å². The number of hydrogen-bond donors (Lipinski definition) is 1. The van der Waals surface area contributed by atoms with Crippen molar-refractivity contribution in [1.29, 1.82) is 0 Å². The van der Waals surface area contributed by atoms with Crippen LogP contribution in [0.1, 0.15) is 16.8 Å². The predicted molar refractivity (Wildman–Crippen MR) is 105 cm³/mol. The molecule has 3 aromatic rings. The van der Waals surface area contributed by atoms with Crippen LogP contribution in [0.25, 0.3) is 0 Å². The minimum atomic E-state index is -4.69. The maximum absolute atomic E-state index is 12.9. The van der Waals surface area contributed by atoms with Crippen molar-refractivity contribution in [3.8, 4) is 5.75 Å². The number of rotatable bonds is 7. The third-order valence-corrected chi connectivity index (χ3v) is 5.91. The Labute approximate surface area is 176 Å². The highest BCUT2D eigenvalue weighted by Gasteiger charge is 2.32. The summed E-state index contributed by atoms with van der Waals surface area (Å²) in [5, 5.41) is -0.303. The Balaban J connectivity index is 1.70. The zero-order valence-corrected chi connectivity index (χ0v) is 16.9. The summed E-state index contributed by atoms with van der Waals surface area (Å²) in [6, 6.07) is 14.2. The first kappa shape index (κ1) is 22.1. The molecule has 0 aliphatic heterocycles. The molecule has 1 N–H and O–H groups in total. The van der Waals surface area contributed by atoms with Crippen molar-refractivity contribution in [3.63, 3.8) is 0 Å². The van der Waals surface area contributed by atoms with Crippen molar-refractivity contribution >= 4 is 21.6 Å². The molecule has 2 aromatic carbocycles. The van der Waals surface area contributed by atoms with Crippen LogP contribution >= 0.6 is 11.6 Å². The van der Waals surface area contributed by atoms with E-state index in [2.05, 4.69) is 9.71 Å². The Morgan fingerprint density at radius 3 is 2.53 bits per heavy atom. The first-order valence-electron chi connectivity index (χ1n) is 8.63. The van der Waals surface area contributed by atoms with E-state index < -0.39 is 26.7 Å². The van der Waals surface area contributed by atoms with Gasteiger partial charge in [-0.15, -0.1) is 0 Å². The highest BCUT2D eigenvalue weighted by molar-refractivity contribution is 7.89. The van der Waals surface area contributed by atoms with Gasteiger partial charge in [0.15, 0.2) is 0 Å². The fourth-order valence-corrected chi connectivity index (χ4v) is 4.07. The number of aromatic nitrogens is 1. The van der Waals surface area contributed by atoms with Crippen LogP contribution in [0, 0.1) is 0 Å². The Hall–Kier alpha value is -2.62. The van der Waals surface area contributed by atoms with Gasteiger partial charge in [-0.2, -0.15) is 13.2 Å². The summed E-state index contributed by atoms with van der Waals surface area (Å²) in [5.74, 6) is 0.495. The number of halogens is 4. The van der Waals surface area contributed by atoms with Gasteiger partial charge in [0.2, 0.25) is 10.0 Å². The molecule has 0 amide bonds. The zero-order valence-electron chi connectivity index (χ0n) is 15.4. The van der Waals surface area contributed by atoms with E-state index in [0.29, 0.717) is 17.4 Å². The van der Waals surface area contributed by atoms with Gasteiger partial charge in [-0.1, -0.05) is 29.8 Å². The summed E-state index contributed by atoms with van der Waals surface area (Å²) >= 11 is 5.82. The van der Waals surface area contributed by atoms with E-state index >= 15 is 0 Å². The van der Waals surface area contributed by atoms with Crippen LogP contribution in [-0.4, -0.2) is 13.4 Å². The third kappa shape index (κ3) is 5.71. The van der Waals surface area contributed by atoms with Gasteiger partial charge in [0.05, 0.1) is 16.3 Å². The molecule has 1 heterocycles. The average molecular weight is 457 g/mol. The minimum Gasteiger partial charge on any atom is -0.487 e. The molecule has 0 aliphatic rings. The number of nitrogens with one attached hydrogen (secondary N) is 1. The number of hydrogen-bond acceptors (Lipinski definition) is 4. The number of ether oxygens (including phenoxy) is 1. The molecular weight excluding hydrogens is 441 g/mol. The fourth-order valence-electron chi connectivity index (χ4n) is 2.53. The lowest BCUT2D eigenvalue weighted by Gasteiger charge is -2.12. The van der Waals surface area contributed by atoms with Gasteiger partial charge in [0, 0.05) is 12.7 Å². The van der Waals surface area contributed by atoms with Gasteiger partial charge < -0.3 is 4.74 Å².